The number of nitrogens with two attached hydrogens (primary N) is 1. The number of nitrogens with one attached hydrogen (secondary N) is 3. The van der Waals surface area contributed by atoms with E-state index in [1.165, 1.54) is 0 Å². The van der Waals surface area contributed by atoms with E-state index < -0.39 is 41.7 Å². The molecule has 0 saturated carbocycles. The molecular weight excluding hydrogens is 468 g/mol. The van der Waals surface area contributed by atoms with Crippen LogP contribution in [0.15, 0.2) is 30.3 Å². The summed E-state index contributed by atoms with van der Waals surface area (Å²) in [5.41, 5.74) is 1.83. The Labute approximate surface area is 211 Å². The van der Waals surface area contributed by atoms with Crippen LogP contribution < -0.4 is 21.9 Å². The molecule has 1 aromatic rings. The normalized spacial score (nSPS) is 15.1. The molecule has 1 saturated heterocycles. The van der Waals surface area contributed by atoms with Gasteiger partial charge in [-0.15, -0.1) is 0 Å². The van der Waals surface area contributed by atoms with E-state index in [9.17, 15) is 24.0 Å². The molecule has 0 spiro atoms. The number of hydrazine groups is 1. The molecule has 1 atom stereocenters. The highest BCUT2D eigenvalue weighted by atomic mass is 16.5. The fourth-order valence-electron chi connectivity index (χ4n) is 3.82. The summed E-state index contributed by atoms with van der Waals surface area (Å²) in [7, 11) is 0. The topological polar surface area (TPSA) is 177 Å². The Morgan fingerprint density at radius 2 is 1.58 bits per heavy atom. The number of aliphatic carboxylic acids is 1. The van der Waals surface area contributed by atoms with Gasteiger partial charge in [0.05, 0.1) is 13.0 Å². The predicted octanol–water partition coefficient (Wildman–Crippen LogP) is 2.19. The van der Waals surface area contributed by atoms with E-state index in [2.05, 4.69) is 12.3 Å². The number of hydrogen-bond acceptors (Lipinski definition) is 8. The number of esters is 1. The van der Waals surface area contributed by atoms with Crippen molar-refractivity contribution in [3.05, 3.63) is 35.9 Å². The zero-order valence-electron chi connectivity index (χ0n) is 21.0. The maximum atomic E-state index is 12.0. The standard InChI is InChI=1S/C14H22N2O5.C11H16N2O2/c1-2-3-4-5-6-7-8-14(9-10(17)18)11(19)15-13(21)16-12(14)20;1-2-15-11(14)10(13-12)8-9-6-4-3-5-7-9/h2-9H2,1H3,(H,17,18)(H2,15,16,19,20,21);3-7,10,13H,2,8,12H2,1H3/t;10-/m.0/s1. The van der Waals surface area contributed by atoms with Gasteiger partial charge in [-0.05, 0) is 25.3 Å². The highest BCUT2D eigenvalue weighted by Gasteiger charge is 2.51. The SMILES string of the molecule is CCCCCCCCC1(CC(=O)O)C(=O)NC(=O)NC1=O.CCOC(=O)[C@H](Cc1ccccc1)NN. The van der Waals surface area contributed by atoms with Crippen molar-refractivity contribution in [1.29, 1.82) is 0 Å². The molecule has 2 rings (SSSR count). The molecule has 0 aliphatic carbocycles. The number of rotatable bonds is 14. The fraction of sp³-hybridized carbons (Fsp3) is 0.560. The molecule has 4 amide bonds. The van der Waals surface area contributed by atoms with Gasteiger partial charge in [-0.25, -0.2) is 10.2 Å². The first-order chi connectivity index (χ1) is 17.2. The lowest BCUT2D eigenvalue weighted by molar-refractivity contribution is -0.154. The molecule has 1 aliphatic heterocycles. The number of carbonyl (C=O) groups excluding carboxylic acids is 4. The van der Waals surface area contributed by atoms with E-state index in [1.807, 2.05) is 41.0 Å². The molecule has 0 aromatic heterocycles. The van der Waals surface area contributed by atoms with Gasteiger partial charge < -0.3 is 9.84 Å². The third-order valence-electron chi connectivity index (χ3n) is 5.79. The number of carbonyl (C=O) groups is 5. The fourth-order valence-corrected chi connectivity index (χ4v) is 3.82. The molecular formula is C25H38N4O7. The van der Waals surface area contributed by atoms with Crippen molar-refractivity contribution in [3.63, 3.8) is 0 Å². The molecule has 1 aliphatic rings. The van der Waals surface area contributed by atoms with Gasteiger partial charge in [0.15, 0.2) is 0 Å². The van der Waals surface area contributed by atoms with Crippen LogP contribution in [-0.4, -0.2) is 47.5 Å². The summed E-state index contributed by atoms with van der Waals surface area (Å²) in [5, 5.41) is 12.9. The van der Waals surface area contributed by atoms with Crippen LogP contribution in [-0.2, 0) is 30.3 Å². The summed E-state index contributed by atoms with van der Waals surface area (Å²) in [4.78, 5) is 57.4. The second kappa shape index (κ2) is 16.4. The van der Waals surface area contributed by atoms with E-state index in [0.29, 0.717) is 19.4 Å². The lowest BCUT2D eigenvalue weighted by Gasteiger charge is -2.32. The number of carboxylic acids is 1. The number of imide groups is 2. The van der Waals surface area contributed by atoms with Crippen LogP contribution in [0.25, 0.3) is 0 Å². The number of urea groups is 1. The van der Waals surface area contributed by atoms with Crippen molar-refractivity contribution >= 4 is 29.8 Å². The molecule has 0 unspecified atom stereocenters. The monoisotopic (exact) mass is 506 g/mol. The van der Waals surface area contributed by atoms with Crippen molar-refractivity contribution in [2.75, 3.05) is 6.61 Å². The number of amides is 4. The van der Waals surface area contributed by atoms with Crippen molar-refractivity contribution in [3.8, 4) is 0 Å². The third-order valence-corrected chi connectivity index (χ3v) is 5.79. The quantitative estimate of drug-likeness (QED) is 0.0832. The average Bonchev–Trinajstić information content (AvgIpc) is 2.83. The van der Waals surface area contributed by atoms with Crippen LogP contribution >= 0.6 is 0 Å². The van der Waals surface area contributed by atoms with Gasteiger partial charge in [0.25, 0.3) is 0 Å². The maximum Gasteiger partial charge on any atom is 0.328 e. The number of benzene rings is 1. The van der Waals surface area contributed by atoms with Crippen molar-refractivity contribution < 1.29 is 33.8 Å². The molecule has 6 N–H and O–H groups in total. The Kier molecular flexibility index (Phi) is 14.0. The van der Waals surface area contributed by atoms with E-state index >= 15 is 0 Å². The van der Waals surface area contributed by atoms with E-state index in [0.717, 1.165) is 37.7 Å². The Hall–Kier alpha value is -3.31. The maximum absolute atomic E-state index is 12.0. The van der Waals surface area contributed by atoms with Gasteiger partial charge in [0, 0.05) is 0 Å². The lowest BCUT2D eigenvalue weighted by atomic mass is 9.76. The zero-order chi connectivity index (χ0) is 27.0. The minimum atomic E-state index is -1.68. The summed E-state index contributed by atoms with van der Waals surface area (Å²) in [5.74, 6) is 2.12. The number of carboxylic acid groups (broad SMARTS) is 1. The van der Waals surface area contributed by atoms with E-state index in [1.54, 1.807) is 6.92 Å². The van der Waals surface area contributed by atoms with Gasteiger partial charge in [-0.2, -0.15) is 0 Å². The molecule has 200 valence electrons. The molecule has 1 aromatic carbocycles. The largest absolute Gasteiger partial charge is 0.481 e. The van der Waals surface area contributed by atoms with Crippen LogP contribution in [0.1, 0.15) is 70.8 Å². The van der Waals surface area contributed by atoms with Crippen LogP contribution in [0.4, 0.5) is 4.79 Å². The van der Waals surface area contributed by atoms with Gasteiger partial charge in [-0.3, -0.25) is 35.7 Å². The van der Waals surface area contributed by atoms with Gasteiger partial charge >= 0.3 is 18.0 Å². The van der Waals surface area contributed by atoms with Crippen LogP contribution in [0, 0.1) is 5.41 Å². The molecule has 36 heavy (non-hydrogen) atoms. The zero-order valence-corrected chi connectivity index (χ0v) is 21.0. The van der Waals surface area contributed by atoms with Crippen molar-refractivity contribution in [2.45, 2.75) is 77.7 Å². The summed E-state index contributed by atoms with van der Waals surface area (Å²) in [6.07, 6.45) is 5.80. The lowest BCUT2D eigenvalue weighted by Crippen LogP contribution is -2.62. The van der Waals surface area contributed by atoms with Gasteiger partial charge in [-0.1, -0.05) is 75.8 Å². The van der Waals surface area contributed by atoms with Gasteiger partial charge in [0.2, 0.25) is 11.8 Å². The highest BCUT2D eigenvalue weighted by Crippen LogP contribution is 2.32. The Bertz CT molecular complexity index is 856. The van der Waals surface area contributed by atoms with Crippen LogP contribution in [0.3, 0.4) is 0 Å². The number of barbiturate groups is 1. The summed E-state index contributed by atoms with van der Waals surface area (Å²) in [6.45, 7) is 4.25. The summed E-state index contributed by atoms with van der Waals surface area (Å²) >= 11 is 0. The van der Waals surface area contributed by atoms with E-state index in [4.69, 9.17) is 15.7 Å². The first-order valence-electron chi connectivity index (χ1n) is 12.3. The molecule has 11 nitrogen and oxygen atoms in total. The third kappa shape index (κ3) is 10.1. The predicted molar refractivity (Wildman–Crippen MR) is 132 cm³/mol. The Balaban J connectivity index is 0.000000381. The van der Waals surface area contributed by atoms with Crippen LogP contribution in [0.2, 0.25) is 0 Å². The van der Waals surface area contributed by atoms with Crippen LogP contribution in [0.5, 0.6) is 0 Å². The Morgan fingerprint density at radius 1 is 1.00 bits per heavy atom. The summed E-state index contributed by atoms with van der Waals surface area (Å²) < 4.78 is 4.89. The minimum absolute atomic E-state index is 0.135. The number of ether oxygens (including phenoxy) is 1. The average molecular weight is 507 g/mol. The molecule has 11 heteroatoms. The van der Waals surface area contributed by atoms with E-state index in [-0.39, 0.29) is 12.4 Å². The van der Waals surface area contributed by atoms with Crippen molar-refractivity contribution in [1.82, 2.24) is 16.1 Å². The Morgan fingerprint density at radius 3 is 2.11 bits per heavy atom. The first kappa shape index (κ1) is 30.7. The summed E-state index contributed by atoms with van der Waals surface area (Å²) in [6, 6.07) is 8.30. The highest BCUT2D eigenvalue weighted by molar-refractivity contribution is 6.20. The van der Waals surface area contributed by atoms with Crippen molar-refractivity contribution in [2.24, 2.45) is 11.3 Å². The van der Waals surface area contributed by atoms with Gasteiger partial charge in [0.1, 0.15) is 11.5 Å². The first-order valence-corrected chi connectivity index (χ1v) is 12.3. The molecule has 1 heterocycles. The molecule has 0 bridgehead atoms. The number of unbranched alkanes of at least 4 members (excludes halogenated alkanes) is 5. The number of hydrogen-bond donors (Lipinski definition) is 5. The second-order valence-electron chi connectivity index (χ2n) is 8.57. The minimum Gasteiger partial charge on any atom is -0.481 e. The molecule has 1 fully saturated rings. The smallest absolute Gasteiger partial charge is 0.328 e. The second-order valence-corrected chi connectivity index (χ2v) is 8.57. The molecule has 0 radical (unpaired) electrons.